The van der Waals surface area contributed by atoms with Crippen LogP contribution in [0.25, 0.3) is 0 Å². The van der Waals surface area contributed by atoms with E-state index < -0.39 is 6.04 Å². The second-order valence-corrected chi connectivity index (χ2v) is 5.73. The van der Waals surface area contributed by atoms with Crippen LogP contribution in [-0.2, 0) is 14.3 Å². The van der Waals surface area contributed by atoms with Gasteiger partial charge in [-0.2, -0.15) is 0 Å². The molecule has 1 fully saturated rings. The summed E-state index contributed by atoms with van der Waals surface area (Å²) in [7, 11) is 0. The maximum Gasteiger partial charge on any atom is 0.328 e. The van der Waals surface area contributed by atoms with Crippen molar-refractivity contribution in [3.8, 4) is 0 Å². The highest BCUT2D eigenvalue weighted by molar-refractivity contribution is 8.00. The lowest BCUT2D eigenvalue weighted by atomic mass is 10.2. The first-order valence-electron chi connectivity index (χ1n) is 6.97. The normalized spacial score (nSPS) is 17.8. The van der Waals surface area contributed by atoms with Crippen LogP contribution in [0.5, 0.6) is 0 Å². The Balaban J connectivity index is 1.93. The zero-order valence-electron chi connectivity index (χ0n) is 11.9. The first-order chi connectivity index (χ1) is 10.1. The highest BCUT2D eigenvalue weighted by Crippen LogP contribution is 2.24. The topological polar surface area (TPSA) is 46.6 Å². The van der Waals surface area contributed by atoms with Crippen LogP contribution in [0, 0.1) is 5.82 Å². The van der Waals surface area contributed by atoms with Crippen molar-refractivity contribution in [1.82, 2.24) is 4.90 Å². The molecular weight excluding hydrogens is 293 g/mol. The number of carbonyl (C=O) groups is 2. The minimum atomic E-state index is -0.487. The molecule has 1 atom stereocenters. The molecule has 114 valence electrons. The quantitative estimate of drug-likeness (QED) is 0.619. The van der Waals surface area contributed by atoms with Crippen LogP contribution in [0.3, 0.4) is 0 Å². The van der Waals surface area contributed by atoms with E-state index in [1.165, 1.54) is 6.07 Å². The summed E-state index contributed by atoms with van der Waals surface area (Å²) in [5.74, 6) is -0.715. The van der Waals surface area contributed by atoms with Gasteiger partial charge in [0.1, 0.15) is 11.9 Å². The third-order valence-electron chi connectivity index (χ3n) is 3.32. The van der Waals surface area contributed by atoms with Gasteiger partial charge in [-0.3, -0.25) is 4.79 Å². The van der Waals surface area contributed by atoms with Crippen molar-refractivity contribution in [1.29, 1.82) is 0 Å². The lowest BCUT2D eigenvalue weighted by Crippen LogP contribution is -2.42. The average molecular weight is 311 g/mol. The molecule has 0 aliphatic carbocycles. The van der Waals surface area contributed by atoms with Gasteiger partial charge in [-0.1, -0.05) is 12.1 Å². The molecule has 1 aliphatic heterocycles. The number of hydrogen-bond acceptors (Lipinski definition) is 4. The third-order valence-corrected chi connectivity index (χ3v) is 4.35. The highest BCUT2D eigenvalue weighted by Gasteiger charge is 2.34. The Kier molecular flexibility index (Phi) is 5.61. The molecule has 21 heavy (non-hydrogen) atoms. The maximum atomic E-state index is 13.5. The molecule has 1 aliphatic rings. The molecule has 1 aromatic rings. The molecule has 0 aromatic heterocycles. The summed E-state index contributed by atoms with van der Waals surface area (Å²) in [4.78, 5) is 26.0. The Bertz CT molecular complexity index is 523. The Hall–Kier alpha value is -1.56. The largest absolute Gasteiger partial charge is 0.464 e. The Morgan fingerprint density at radius 3 is 2.90 bits per heavy atom. The van der Waals surface area contributed by atoms with Crippen molar-refractivity contribution in [2.75, 3.05) is 18.9 Å². The second kappa shape index (κ2) is 7.45. The average Bonchev–Trinajstić information content (AvgIpc) is 2.96. The number of benzene rings is 1. The summed E-state index contributed by atoms with van der Waals surface area (Å²) in [6, 6.07) is 5.86. The molecule has 1 amide bonds. The van der Waals surface area contributed by atoms with Gasteiger partial charge in [0.15, 0.2) is 0 Å². The number of esters is 1. The van der Waals surface area contributed by atoms with Gasteiger partial charge in [-0.05, 0) is 31.9 Å². The SMILES string of the molecule is CCOC(=O)C1CCCN1C(=O)CSc1ccccc1F. The standard InChI is InChI=1S/C15H18FNO3S/c1-2-20-15(19)12-7-5-9-17(12)14(18)10-21-13-8-4-3-6-11(13)16/h3-4,6,8,12H,2,5,7,9-10H2,1H3. The summed E-state index contributed by atoms with van der Waals surface area (Å²) in [5, 5.41) is 0. The molecule has 0 radical (unpaired) electrons. The van der Waals surface area contributed by atoms with Gasteiger partial charge < -0.3 is 9.64 Å². The summed E-state index contributed by atoms with van der Waals surface area (Å²) in [6.07, 6.45) is 1.43. The Labute approximate surface area is 127 Å². The van der Waals surface area contributed by atoms with E-state index in [4.69, 9.17) is 4.74 Å². The van der Waals surface area contributed by atoms with Crippen molar-refractivity contribution < 1.29 is 18.7 Å². The molecule has 6 heteroatoms. The fourth-order valence-electron chi connectivity index (χ4n) is 2.33. The zero-order valence-corrected chi connectivity index (χ0v) is 12.7. The van der Waals surface area contributed by atoms with Gasteiger partial charge >= 0.3 is 5.97 Å². The van der Waals surface area contributed by atoms with Gasteiger partial charge in [0, 0.05) is 11.4 Å². The van der Waals surface area contributed by atoms with Crippen molar-refractivity contribution in [2.24, 2.45) is 0 Å². The summed E-state index contributed by atoms with van der Waals surface area (Å²) < 4.78 is 18.5. The van der Waals surface area contributed by atoms with Crippen LogP contribution >= 0.6 is 11.8 Å². The fraction of sp³-hybridized carbons (Fsp3) is 0.467. The number of nitrogens with zero attached hydrogens (tertiary/aromatic N) is 1. The molecule has 1 saturated heterocycles. The first-order valence-corrected chi connectivity index (χ1v) is 7.95. The monoisotopic (exact) mass is 311 g/mol. The van der Waals surface area contributed by atoms with Gasteiger partial charge in [0.2, 0.25) is 5.91 Å². The number of rotatable bonds is 5. The van der Waals surface area contributed by atoms with Crippen LogP contribution in [0.15, 0.2) is 29.2 Å². The van der Waals surface area contributed by atoms with E-state index in [2.05, 4.69) is 0 Å². The van der Waals surface area contributed by atoms with Crippen LogP contribution in [0.2, 0.25) is 0 Å². The molecule has 1 aromatic carbocycles. The molecule has 4 nitrogen and oxygen atoms in total. The summed E-state index contributed by atoms with van der Waals surface area (Å²) in [6.45, 7) is 2.61. The van der Waals surface area contributed by atoms with Gasteiger partial charge in [0.25, 0.3) is 0 Å². The number of carbonyl (C=O) groups excluding carboxylic acids is 2. The summed E-state index contributed by atoms with van der Waals surface area (Å²) >= 11 is 1.15. The fourth-order valence-corrected chi connectivity index (χ4v) is 3.16. The molecule has 2 rings (SSSR count). The van der Waals surface area contributed by atoms with Gasteiger partial charge in [-0.25, -0.2) is 9.18 Å². The number of thioether (sulfide) groups is 1. The lowest BCUT2D eigenvalue weighted by molar-refractivity contribution is -0.152. The van der Waals surface area contributed by atoms with Crippen LogP contribution in [-0.4, -0.2) is 41.7 Å². The Morgan fingerprint density at radius 1 is 1.43 bits per heavy atom. The molecular formula is C15H18FNO3S. The third kappa shape index (κ3) is 3.97. The molecule has 1 unspecified atom stereocenters. The number of amides is 1. The smallest absolute Gasteiger partial charge is 0.328 e. The van der Waals surface area contributed by atoms with Crippen molar-refractivity contribution >= 4 is 23.6 Å². The highest BCUT2D eigenvalue weighted by atomic mass is 32.2. The molecule has 0 bridgehead atoms. The van der Waals surface area contributed by atoms with Gasteiger partial charge in [-0.15, -0.1) is 11.8 Å². The molecule has 1 heterocycles. The molecule has 0 spiro atoms. The van der Waals surface area contributed by atoms with Crippen molar-refractivity contribution in [2.45, 2.75) is 30.7 Å². The predicted octanol–water partition coefficient (Wildman–Crippen LogP) is 2.47. The first kappa shape index (κ1) is 15.8. The van der Waals surface area contributed by atoms with E-state index in [-0.39, 0.29) is 23.4 Å². The van der Waals surface area contributed by atoms with Gasteiger partial charge in [0.05, 0.1) is 12.4 Å². The van der Waals surface area contributed by atoms with E-state index >= 15 is 0 Å². The molecule has 0 saturated carbocycles. The van der Waals surface area contributed by atoms with Crippen LogP contribution in [0.4, 0.5) is 4.39 Å². The van der Waals surface area contributed by atoms with E-state index in [9.17, 15) is 14.0 Å². The van der Waals surface area contributed by atoms with E-state index in [0.29, 0.717) is 24.5 Å². The van der Waals surface area contributed by atoms with E-state index in [1.807, 2.05) is 0 Å². The van der Waals surface area contributed by atoms with Crippen molar-refractivity contribution in [3.63, 3.8) is 0 Å². The zero-order chi connectivity index (χ0) is 15.2. The maximum absolute atomic E-state index is 13.5. The predicted molar refractivity (Wildman–Crippen MR) is 78.5 cm³/mol. The number of likely N-dealkylation sites (tertiary alicyclic amines) is 1. The minimum Gasteiger partial charge on any atom is -0.464 e. The minimum absolute atomic E-state index is 0.122. The summed E-state index contributed by atoms with van der Waals surface area (Å²) in [5.41, 5.74) is 0. The Morgan fingerprint density at radius 2 is 2.19 bits per heavy atom. The van der Waals surface area contributed by atoms with Crippen LogP contribution < -0.4 is 0 Å². The van der Waals surface area contributed by atoms with E-state index in [0.717, 1.165) is 18.2 Å². The number of ether oxygens (including phenoxy) is 1. The number of halogens is 1. The second-order valence-electron chi connectivity index (χ2n) is 4.72. The number of hydrogen-bond donors (Lipinski definition) is 0. The van der Waals surface area contributed by atoms with Crippen molar-refractivity contribution in [3.05, 3.63) is 30.1 Å². The molecule has 0 N–H and O–H groups in total. The lowest BCUT2D eigenvalue weighted by Gasteiger charge is -2.22. The van der Waals surface area contributed by atoms with Crippen LogP contribution in [0.1, 0.15) is 19.8 Å². The van der Waals surface area contributed by atoms with E-state index in [1.54, 1.807) is 30.0 Å².